The topological polar surface area (TPSA) is 49.5 Å². The van der Waals surface area contributed by atoms with Crippen molar-refractivity contribution in [2.75, 3.05) is 0 Å². The summed E-state index contributed by atoms with van der Waals surface area (Å²) in [5.41, 5.74) is -0.437. The first-order valence-corrected chi connectivity index (χ1v) is 6.17. The molecular formula is C13H17ClN2O2. The van der Waals surface area contributed by atoms with Gasteiger partial charge in [-0.3, -0.25) is 0 Å². The van der Waals surface area contributed by atoms with Gasteiger partial charge in [-0.1, -0.05) is 11.6 Å². The second kappa shape index (κ2) is 3.95. The Morgan fingerprint density at radius 1 is 1.17 bits per heavy atom. The van der Waals surface area contributed by atoms with Crippen molar-refractivity contribution < 1.29 is 9.95 Å². The van der Waals surface area contributed by atoms with Crippen molar-refractivity contribution in [2.24, 2.45) is 0 Å². The molecule has 1 heterocycles. The number of hydroxylamine groups is 3. The van der Waals surface area contributed by atoms with Gasteiger partial charge in [0.15, 0.2) is 0 Å². The van der Waals surface area contributed by atoms with Crippen LogP contribution in [0.25, 0.3) is 0 Å². The summed E-state index contributed by atoms with van der Waals surface area (Å²) in [4.78, 5) is 0. The second-order valence-corrected chi connectivity index (χ2v) is 5.95. The predicted molar refractivity (Wildman–Crippen MR) is 71.0 cm³/mol. The third-order valence-corrected chi connectivity index (χ3v) is 3.70. The van der Waals surface area contributed by atoms with Gasteiger partial charge in [-0.15, -0.1) is 5.06 Å². The second-order valence-electron chi connectivity index (χ2n) is 5.52. The molecule has 0 amide bonds. The van der Waals surface area contributed by atoms with Crippen LogP contribution >= 0.6 is 11.6 Å². The standard InChI is InChI=1S/C13H17ClN2O2/c1-12(2)11(9-5-7-10(14)8-6-9)15(17)13(3,4)16(12)18/h5-8,18H,1-4H3. The number of nitrogens with zero attached hydrogens (tertiary/aromatic N) is 2. The lowest BCUT2D eigenvalue weighted by atomic mass is 9.93. The van der Waals surface area contributed by atoms with Crippen LogP contribution in [0.5, 0.6) is 0 Å². The minimum Gasteiger partial charge on any atom is -0.622 e. The van der Waals surface area contributed by atoms with E-state index < -0.39 is 11.2 Å². The summed E-state index contributed by atoms with van der Waals surface area (Å²) in [5, 5.41) is 24.3. The van der Waals surface area contributed by atoms with Gasteiger partial charge in [0.25, 0.3) is 0 Å². The number of hydrogen-bond acceptors (Lipinski definition) is 3. The molecule has 4 nitrogen and oxygen atoms in total. The van der Waals surface area contributed by atoms with Crippen molar-refractivity contribution in [3.05, 3.63) is 40.1 Å². The fourth-order valence-corrected chi connectivity index (χ4v) is 2.60. The fourth-order valence-electron chi connectivity index (χ4n) is 2.47. The Morgan fingerprint density at radius 3 is 2.06 bits per heavy atom. The van der Waals surface area contributed by atoms with E-state index >= 15 is 0 Å². The van der Waals surface area contributed by atoms with Gasteiger partial charge >= 0.3 is 0 Å². The van der Waals surface area contributed by atoms with Crippen LogP contribution in [-0.4, -0.2) is 31.9 Å². The summed E-state index contributed by atoms with van der Waals surface area (Å²) in [7, 11) is 0. The Labute approximate surface area is 112 Å². The van der Waals surface area contributed by atoms with Crippen molar-refractivity contribution in [3.8, 4) is 0 Å². The molecule has 0 unspecified atom stereocenters. The lowest BCUT2D eigenvalue weighted by Crippen LogP contribution is -2.51. The van der Waals surface area contributed by atoms with Crippen LogP contribution in [0.15, 0.2) is 24.3 Å². The first-order chi connectivity index (χ1) is 8.19. The molecule has 0 saturated heterocycles. The third-order valence-electron chi connectivity index (χ3n) is 3.45. The molecule has 2 rings (SSSR count). The maximum atomic E-state index is 12.4. The summed E-state index contributed by atoms with van der Waals surface area (Å²) in [5.74, 6) is 0. The zero-order valence-corrected chi connectivity index (χ0v) is 11.7. The van der Waals surface area contributed by atoms with Gasteiger partial charge in [-0.2, -0.15) is 4.74 Å². The van der Waals surface area contributed by atoms with Crippen molar-refractivity contribution in [1.82, 2.24) is 5.06 Å². The van der Waals surface area contributed by atoms with Gasteiger partial charge in [0.05, 0.1) is 0 Å². The van der Waals surface area contributed by atoms with Crippen molar-refractivity contribution >= 4 is 17.3 Å². The van der Waals surface area contributed by atoms with E-state index in [1.54, 1.807) is 38.1 Å². The molecular weight excluding hydrogens is 252 g/mol. The Morgan fingerprint density at radius 2 is 1.67 bits per heavy atom. The Hall–Kier alpha value is -1.10. The van der Waals surface area contributed by atoms with E-state index in [0.717, 1.165) is 15.4 Å². The molecule has 0 bridgehead atoms. The van der Waals surface area contributed by atoms with E-state index in [4.69, 9.17) is 11.6 Å². The van der Waals surface area contributed by atoms with Gasteiger partial charge in [0.1, 0.15) is 5.54 Å². The Balaban J connectivity index is 2.61. The zero-order valence-electron chi connectivity index (χ0n) is 10.9. The quantitative estimate of drug-likeness (QED) is 0.629. The van der Waals surface area contributed by atoms with Gasteiger partial charge in [0, 0.05) is 24.4 Å². The molecule has 0 atom stereocenters. The van der Waals surface area contributed by atoms with Crippen LogP contribution < -0.4 is 0 Å². The highest BCUT2D eigenvalue weighted by Gasteiger charge is 2.56. The average molecular weight is 269 g/mol. The van der Waals surface area contributed by atoms with E-state index in [1.807, 2.05) is 13.8 Å². The van der Waals surface area contributed by atoms with Gasteiger partial charge in [0.2, 0.25) is 11.4 Å². The maximum absolute atomic E-state index is 12.4. The highest BCUT2D eigenvalue weighted by atomic mass is 35.5. The molecule has 18 heavy (non-hydrogen) atoms. The zero-order chi connectivity index (χ0) is 13.7. The molecule has 0 aliphatic carbocycles. The monoisotopic (exact) mass is 268 g/mol. The summed E-state index contributed by atoms with van der Waals surface area (Å²) >= 11 is 5.85. The summed E-state index contributed by atoms with van der Waals surface area (Å²) in [6.45, 7) is 7.00. The summed E-state index contributed by atoms with van der Waals surface area (Å²) in [6.07, 6.45) is 0. The van der Waals surface area contributed by atoms with Crippen LogP contribution in [0.1, 0.15) is 33.3 Å². The SMILES string of the molecule is CC1(C)C(c2ccc(Cl)cc2)=[N+]([O-])C(C)(C)N1O. The Kier molecular flexibility index (Phi) is 2.93. The van der Waals surface area contributed by atoms with Crippen LogP contribution in [0, 0.1) is 5.21 Å². The van der Waals surface area contributed by atoms with E-state index in [2.05, 4.69) is 0 Å². The molecule has 0 spiro atoms. The van der Waals surface area contributed by atoms with Gasteiger partial charge in [-0.25, -0.2) is 0 Å². The molecule has 0 fully saturated rings. The molecule has 5 heteroatoms. The minimum absolute atomic E-state index is 0.534. The largest absolute Gasteiger partial charge is 0.622 e. The van der Waals surface area contributed by atoms with Crippen LogP contribution in [0.3, 0.4) is 0 Å². The van der Waals surface area contributed by atoms with Crippen molar-refractivity contribution in [1.29, 1.82) is 0 Å². The molecule has 1 N–H and O–H groups in total. The predicted octanol–water partition coefficient (Wildman–Crippen LogP) is 2.86. The third kappa shape index (κ3) is 1.72. The highest BCUT2D eigenvalue weighted by Crippen LogP contribution is 2.34. The van der Waals surface area contributed by atoms with Gasteiger partial charge in [-0.05, 0) is 38.1 Å². The maximum Gasteiger partial charge on any atom is 0.245 e. The van der Waals surface area contributed by atoms with Crippen molar-refractivity contribution in [3.63, 3.8) is 0 Å². The van der Waals surface area contributed by atoms with Crippen LogP contribution in [-0.2, 0) is 0 Å². The molecule has 0 saturated carbocycles. The highest BCUT2D eigenvalue weighted by molar-refractivity contribution is 6.30. The Bertz CT molecular complexity index is 506. The lowest BCUT2D eigenvalue weighted by molar-refractivity contribution is -0.580. The molecule has 98 valence electrons. The normalized spacial score (nSPS) is 22.6. The molecule has 1 aromatic rings. The summed E-state index contributed by atoms with van der Waals surface area (Å²) < 4.78 is 0.857. The first kappa shape index (κ1) is 13.3. The van der Waals surface area contributed by atoms with E-state index in [1.165, 1.54) is 0 Å². The van der Waals surface area contributed by atoms with Crippen molar-refractivity contribution in [2.45, 2.75) is 38.9 Å². The lowest BCUT2D eigenvalue weighted by Gasteiger charge is -2.29. The smallest absolute Gasteiger partial charge is 0.245 e. The van der Waals surface area contributed by atoms with Crippen LogP contribution in [0.2, 0.25) is 5.02 Å². The molecule has 0 aromatic heterocycles. The first-order valence-electron chi connectivity index (χ1n) is 5.79. The minimum atomic E-state index is -0.988. The van der Waals surface area contributed by atoms with E-state index in [9.17, 15) is 10.4 Å². The van der Waals surface area contributed by atoms with E-state index in [-0.39, 0.29) is 0 Å². The molecule has 1 aliphatic heterocycles. The fraction of sp³-hybridized carbons (Fsp3) is 0.462. The number of rotatable bonds is 1. The molecule has 1 aliphatic rings. The van der Waals surface area contributed by atoms with Gasteiger partial charge < -0.3 is 10.4 Å². The van der Waals surface area contributed by atoms with E-state index in [0.29, 0.717) is 10.7 Å². The number of hydrogen-bond donors (Lipinski definition) is 1. The number of benzene rings is 1. The van der Waals surface area contributed by atoms with Crippen LogP contribution in [0.4, 0.5) is 0 Å². The molecule has 0 radical (unpaired) electrons. The average Bonchev–Trinajstić information content (AvgIpc) is 2.40. The molecule has 1 aromatic carbocycles. The number of halogens is 1. The summed E-state index contributed by atoms with van der Waals surface area (Å²) in [6, 6.07) is 7.06.